The molecule has 28 heavy (non-hydrogen) atoms. The molecule has 0 aliphatic heterocycles. The highest BCUT2D eigenvalue weighted by molar-refractivity contribution is 5.76. The molecule has 2 aromatic rings. The maximum atomic E-state index is 10.5. The van der Waals surface area contributed by atoms with Gasteiger partial charge < -0.3 is 10.2 Å². The normalized spacial score (nSPS) is 16.8. The van der Waals surface area contributed by atoms with E-state index in [4.69, 9.17) is 0 Å². The molecule has 0 amide bonds. The lowest BCUT2D eigenvalue weighted by Crippen LogP contribution is -2.17. The summed E-state index contributed by atoms with van der Waals surface area (Å²) in [6.45, 7) is 6.68. The lowest BCUT2D eigenvalue weighted by atomic mass is 9.78. The number of hydrogen-bond donors (Lipinski definition) is 2. The first-order chi connectivity index (χ1) is 13.4. The molecule has 3 rings (SSSR count). The van der Waals surface area contributed by atoms with Gasteiger partial charge in [-0.05, 0) is 59.2 Å². The van der Waals surface area contributed by atoms with Crippen LogP contribution in [0.2, 0.25) is 0 Å². The molecule has 0 fully saturated rings. The number of unbranched alkanes of at least 4 members (excludes halogenated alkanes) is 2. The van der Waals surface area contributed by atoms with Gasteiger partial charge in [0.15, 0.2) is 0 Å². The van der Waals surface area contributed by atoms with Crippen LogP contribution in [0, 0.1) is 0 Å². The van der Waals surface area contributed by atoms with E-state index >= 15 is 0 Å². The Kier molecular flexibility index (Phi) is 6.28. The topological polar surface area (TPSA) is 40.5 Å². The first kappa shape index (κ1) is 20.3. The van der Waals surface area contributed by atoms with Gasteiger partial charge in [-0.15, -0.1) is 0 Å². The van der Waals surface area contributed by atoms with Crippen molar-refractivity contribution in [2.45, 2.75) is 64.2 Å². The van der Waals surface area contributed by atoms with Crippen LogP contribution in [0.1, 0.15) is 75.5 Å². The summed E-state index contributed by atoms with van der Waals surface area (Å²) in [7, 11) is 0. The molecule has 1 aliphatic rings. The van der Waals surface area contributed by atoms with E-state index in [-0.39, 0.29) is 5.41 Å². The van der Waals surface area contributed by atoms with Crippen LogP contribution in [-0.2, 0) is 5.41 Å². The lowest BCUT2D eigenvalue weighted by Gasteiger charge is -2.27. The summed E-state index contributed by atoms with van der Waals surface area (Å²) in [4.78, 5) is 0. The van der Waals surface area contributed by atoms with Crippen molar-refractivity contribution in [2.24, 2.45) is 0 Å². The summed E-state index contributed by atoms with van der Waals surface area (Å²) in [5.41, 5.74) is 4.59. The van der Waals surface area contributed by atoms with E-state index in [0.717, 1.165) is 24.0 Å². The van der Waals surface area contributed by atoms with E-state index in [0.29, 0.717) is 17.4 Å². The van der Waals surface area contributed by atoms with Gasteiger partial charge in [-0.25, -0.2) is 0 Å². The van der Waals surface area contributed by atoms with Crippen molar-refractivity contribution in [1.29, 1.82) is 0 Å². The zero-order valence-electron chi connectivity index (χ0n) is 17.3. The number of phenolic OH excluding ortho intramolecular Hbond substituents is 2. The Morgan fingerprint density at radius 2 is 1.75 bits per heavy atom. The van der Waals surface area contributed by atoms with Crippen LogP contribution in [-0.4, -0.2) is 10.2 Å². The first-order valence-electron chi connectivity index (χ1n) is 10.4. The summed E-state index contributed by atoms with van der Waals surface area (Å²) in [6.07, 6.45) is 12.3. The molecule has 0 spiro atoms. The highest BCUT2D eigenvalue weighted by Gasteiger charge is 2.24. The standard InChI is InChI=1S/C26H32O2/c1-4-5-6-17-26(2,3)24-18-22(13-16-25(24)28)21-9-7-19(8-10-21)20-11-14-23(27)15-12-20/h7,9-16,18-19,27-28H,4-6,8,17H2,1-3H3. The van der Waals surface area contributed by atoms with Gasteiger partial charge in [0, 0.05) is 11.5 Å². The van der Waals surface area contributed by atoms with Gasteiger partial charge in [-0.1, -0.05) is 76.5 Å². The third-order valence-corrected chi connectivity index (χ3v) is 5.89. The Balaban J connectivity index is 1.77. The lowest BCUT2D eigenvalue weighted by molar-refractivity contribution is 0.408. The smallest absolute Gasteiger partial charge is 0.119 e. The summed E-state index contributed by atoms with van der Waals surface area (Å²) in [5, 5.41) is 20.0. The Bertz CT molecular complexity index is 857. The number of benzene rings is 2. The number of phenols is 2. The second kappa shape index (κ2) is 8.68. The van der Waals surface area contributed by atoms with Crippen molar-refractivity contribution in [3.05, 3.63) is 77.4 Å². The van der Waals surface area contributed by atoms with Crippen LogP contribution in [0.4, 0.5) is 0 Å². The molecule has 0 bridgehead atoms. The molecular weight excluding hydrogens is 344 g/mol. The number of allylic oxidation sites excluding steroid dienone is 4. The van der Waals surface area contributed by atoms with Gasteiger partial charge >= 0.3 is 0 Å². The second-order valence-corrected chi connectivity index (χ2v) is 8.53. The minimum absolute atomic E-state index is 0.0389. The van der Waals surface area contributed by atoms with E-state index in [2.05, 4.69) is 45.1 Å². The van der Waals surface area contributed by atoms with Gasteiger partial charge in [0.25, 0.3) is 0 Å². The number of hydrogen-bond acceptors (Lipinski definition) is 2. The fraction of sp³-hybridized carbons (Fsp3) is 0.385. The average Bonchev–Trinajstić information content (AvgIpc) is 2.69. The van der Waals surface area contributed by atoms with E-state index in [1.54, 1.807) is 12.1 Å². The maximum Gasteiger partial charge on any atom is 0.119 e. The molecule has 0 heterocycles. The van der Waals surface area contributed by atoms with E-state index < -0.39 is 0 Å². The van der Waals surface area contributed by atoms with Crippen molar-refractivity contribution in [3.8, 4) is 11.5 Å². The van der Waals surface area contributed by atoms with Crippen LogP contribution in [0.25, 0.3) is 5.57 Å². The molecule has 0 aromatic heterocycles. The zero-order chi connectivity index (χ0) is 20.1. The largest absolute Gasteiger partial charge is 0.508 e. The van der Waals surface area contributed by atoms with Gasteiger partial charge in [0.2, 0.25) is 0 Å². The third-order valence-electron chi connectivity index (χ3n) is 5.89. The molecule has 1 unspecified atom stereocenters. The third kappa shape index (κ3) is 4.67. The Labute approximate surface area is 169 Å². The molecule has 2 N–H and O–H groups in total. The molecule has 1 aliphatic carbocycles. The average molecular weight is 377 g/mol. The van der Waals surface area contributed by atoms with Crippen LogP contribution >= 0.6 is 0 Å². The molecule has 0 saturated heterocycles. The zero-order valence-corrected chi connectivity index (χ0v) is 17.3. The van der Waals surface area contributed by atoms with Crippen molar-refractivity contribution in [1.82, 2.24) is 0 Å². The van der Waals surface area contributed by atoms with Crippen molar-refractivity contribution < 1.29 is 10.2 Å². The summed E-state index contributed by atoms with van der Waals surface area (Å²) < 4.78 is 0. The predicted octanol–water partition coefficient (Wildman–Crippen LogP) is 7.08. The fourth-order valence-electron chi connectivity index (χ4n) is 4.01. The van der Waals surface area contributed by atoms with Crippen molar-refractivity contribution >= 4 is 5.57 Å². The van der Waals surface area contributed by atoms with Gasteiger partial charge in [0.1, 0.15) is 11.5 Å². The quantitative estimate of drug-likeness (QED) is 0.507. The molecule has 2 aromatic carbocycles. The Hall–Kier alpha value is -2.48. The van der Waals surface area contributed by atoms with E-state index in [1.165, 1.54) is 30.4 Å². The van der Waals surface area contributed by atoms with E-state index in [9.17, 15) is 10.2 Å². The Morgan fingerprint density at radius 3 is 2.39 bits per heavy atom. The summed E-state index contributed by atoms with van der Waals surface area (Å²) in [5.74, 6) is 1.04. The van der Waals surface area contributed by atoms with E-state index in [1.807, 2.05) is 24.3 Å². The number of aromatic hydroxyl groups is 2. The second-order valence-electron chi connectivity index (χ2n) is 8.53. The monoisotopic (exact) mass is 376 g/mol. The maximum absolute atomic E-state index is 10.5. The van der Waals surface area contributed by atoms with Crippen LogP contribution in [0.5, 0.6) is 11.5 Å². The molecule has 148 valence electrons. The minimum atomic E-state index is -0.0389. The first-order valence-corrected chi connectivity index (χ1v) is 10.4. The molecule has 0 saturated carbocycles. The molecule has 0 radical (unpaired) electrons. The Morgan fingerprint density at radius 1 is 1.00 bits per heavy atom. The number of rotatable bonds is 7. The highest BCUT2D eigenvalue weighted by Crippen LogP contribution is 2.38. The SMILES string of the molecule is CCCCCC(C)(C)c1cc(C2=CCC(c3ccc(O)cc3)C=C2)ccc1O. The van der Waals surface area contributed by atoms with Gasteiger partial charge in [-0.2, -0.15) is 0 Å². The molecule has 1 atom stereocenters. The van der Waals surface area contributed by atoms with Crippen LogP contribution < -0.4 is 0 Å². The van der Waals surface area contributed by atoms with Gasteiger partial charge in [-0.3, -0.25) is 0 Å². The summed E-state index contributed by atoms with van der Waals surface area (Å²) in [6, 6.07) is 13.5. The minimum Gasteiger partial charge on any atom is -0.508 e. The molecule has 2 heteroatoms. The highest BCUT2D eigenvalue weighted by atomic mass is 16.3. The van der Waals surface area contributed by atoms with Crippen molar-refractivity contribution in [2.75, 3.05) is 0 Å². The predicted molar refractivity (Wildman–Crippen MR) is 118 cm³/mol. The molecule has 2 nitrogen and oxygen atoms in total. The summed E-state index contributed by atoms with van der Waals surface area (Å²) >= 11 is 0. The fourth-order valence-corrected chi connectivity index (χ4v) is 4.01. The van der Waals surface area contributed by atoms with Crippen molar-refractivity contribution in [3.63, 3.8) is 0 Å². The molecular formula is C26H32O2. The van der Waals surface area contributed by atoms with Gasteiger partial charge in [0.05, 0.1) is 0 Å². The van der Waals surface area contributed by atoms with Crippen LogP contribution in [0.3, 0.4) is 0 Å². The van der Waals surface area contributed by atoms with Crippen LogP contribution in [0.15, 0.2) is 60.7 Å².